The molecule has 0 unspecified atom stereocenters. The number of anilines is 1. The Morgan fingerprint density at radius 3 is 2.80 bits per heavy atom. The average molecular weight is 209 g/mol. The molecule has 2 rings (SSSR count). The summed E-state index contributed by atoms with van der Waals surface area (Å²) >= 11 is 0. The van der Waals surface area contributed by atoms with Crippen molar-refractivity contribution in [3.8, 4) is 0 Å². The first-order valence-corrected chi connectivity index (χ1v) is 5.23. The maximum Gasteiger partial charge on any atom is 0.358 e. The molecule has 1 heterocycles. The fourth-order valence-electron chi connectivity index (χ4n) is 2.15. The van der Waals surface area contributed by atoms with Gasteiger partial charge in [-0.1, -0.05) is 12.8 Å². The van der Waals surface area contributed by atoms with E-state index >= 15 is 0 Å². The molecule has 1 aromatic rings. The van der Waals surface area contributed by atoms with E-state index in [4.69, 9.17) is 10.8 Å². The van der Waals surface area contributed by atoms with Crippen LogP contribution in [0.5, 0.6) is 0 Å². The highest BCUT2D eigenvalue weighted by Crippen LogP contribution is 2.26. The second kappa shape index (κ2) is 3.92. The number of carboxylic acid groups (broad SMARTS) is 1. The number of nitrogens with zero attached hydrogens (tertiary/aromatic N) is 2. The van der Waals surface area contributed by atoms with E-state index in [2.05, 4.69) is 5.10 Å². The quantitative estimate of drug-likeness (QED) is 0.787. The van der Waals surface area contributed by atoms with E-state index in [9.17, 15) is 4.79 Å². The van der Waals surface area contributed by atoms with Gasteiger partial charge in [0.2, 0.25) is 0 Å². The number of carboxylic acids is 1. The Balaban J connectivity index is 2.08. The minimum absolute atomic E-state index is 0.0343. The fraction of sp³-hybridized carbons (Fsp3) is 0.600. The molecule has 5 heteroatoms. The van der Waals surface area contributed by atoms with Crippen molar-refractivity contribution >= 4 is 11.7 Å². The number of carbonyl (C=O) groups is 1. The van der Waals surface area contributed by atoms with Crippen molar-refractivity contribution in [2.75, 3.05) is 5.73 Å². The van der Waals surface area contributed by atoms with Gasteiger partial charge in [0.05, 0.1) is 5.69 Å². The molecule has 1 saturated carbocycles. The van der Waals surface area contributed by atoms with Gasteiger partial charge >= 0.3 is 5.97 Å². The standard InChI is InChI=1S/C10H15N3O2/c11-8-6-13(12-9(8)10(14)15)5-7-3-1-2-4-7/h6-7H,1-5,11H2,(H,14,15). The lowest BCUT2D eigenvalue weighted by Gasteiger charge is -2.07. The summed E-state index contributed by atoms with van der Waals surface area (Å²) in [4.78, 5) is 10.7. The molecule has 3 N–H and O–H groups in total. The Bertz CT molecular complexity index is 367. The van der Waals surface area contributed by atoms with Crippen molar-refractivity contribution in [3.05, 3.63) is 11.9 Å². The van der Waals surface area contributed by atoms with Crippen molar-refractivity contribution in [1.82, 2.24) is 9.78 Å². The minimum Gasteiger partial charge on any atom is -0.476 e. The number of nitrogen functional groups attached to an aromatic ring is 1. The molecule has 1 aromatic heterocycles. The van der Waals surface area contributed by atoms with Gasteiger partial charge < -0.3 is 10.8 Å². The highest BCUT2D eigenvalue weighted by Gasteiger charge is 2.18. The highest BCUT2D eigenvalue weighted by molar-refractivity contribution is 5.91. The van der Waals surface area contributed by atoms with Crippen LogP contribution >= 0.6 is 0 Å². The van der Waals surface area contributed by atoms with Gasteiger partial charge in [-0.2, -0.15) is 5.10 Å². The Morgan fingerprint density at radius 1 is 1.60 bits per heavy atom. The van der Waals surface area contributed by atoms with Crippen molar-refractivity contribution in [2.24, 2.45) is 5.92 Å². The van der Waals surface area contributed by atoms with E-state index < -0.39 is 5.97 Å². The van der Waals surface area contributed by atoms with E-state index in [1.54, 1.807) is 10.9 Å². The molecule has 0 atom stereocenters. The third-order valence-corrected chi connectivity index (χ3v) is 2.91. The van der Waals surface area contributed by atoms with Crippen LogP contribution in [-0.2, 0) is 6.54 Å². The number of nitrogens with two attached hydrogens (primary N) is 1. The molecule has 0 saturated heterocycles. The predicted octanol–water partition coefficient (Wildman–Crippen LogP) is 1.35. The molecular weight excluding hydrogens is 194 g/mol. The Kier molecular flexibility index (Phi) is 2.62. The Labute approximate surface area is 87.9 Å². The lowest BCUT2D eigenvalue weighted by atomic mass is 10.1. The average Bonchev–Trinajstić information content (AvgIpc) is 2.75. The molecule has 0 spiro atoms. The van der Waals surface area contributed by atoms with Crippen LogP contribution in [0.2, 0.25) is 0 Å². The smallest absolute Gasteiger partial charge is 0.358 e. The van der Waals surface area contributed by atoms with Crippen LogP contribution in [0.15, 0.2) is 6.20 Å². The molecule has 82 valence electrons. The predicted molar refractivity (Wildman–Crippen MR) is 55.6 cm³/mol. The lowest BCUT2D eigenvalue weighted by Crippen LogP contribution is -2.09. The lowest BCUT2D eigenvalue weighted by molar-refractivity contribution is 0.0690. The maximum atomic E-state index is 10.7. The molecule has 1 fully saturated rings. The van der Waals surface area contributed by atoms with Crippen molar-refractivity contribution in [1.29, 1.82) is 0 Å². The summed E-state index contributed by atoms with van der Waals surface area (Å²) in [5, 5.41) is 12.7. The zero-order valence-corrected chi connectivity index (χ0v) is 8.52. The summed E-state index contributed by atoms with van der Waals surface area (Å²) in [6, 6.07) is 0. The van der Waals surface area contributed by atoms with Gasteiger partial charge in [-0.05, 0) is 18.8 Å². The van der Waals surface area contributed by atoms with Gasteiger partial charge in [-0.3, -0.25) is 4.68 Å². The fourth-order valence-corrected chi connectivity index (χ4v) is 2.15. The number of rotatable bonds is 3. The normalized spacial score (nSPS) is 17.1. The van der Waals surface area contributed by atoms with Crippen LogP contribution in [0.3, 0.4) is 0 Å². The van der Waals surface area contributed by atoms with Crippen LogP contribution in [0.25, 0.3) is 0 Å². The zero-order chi connectivity index (χ0) is 10.8. The van der Waals surface area contributed by atoms with E-state index in [0.717, 1.165) is 6.54 Å². The maximum absolute atomic E-state index is 10.7. The van der Waals surface area contributed by atoms with Crippen LogP contribution in [-0.4, -0.2) is 20.9 Å². The molecule has 15 heavy (non-hydrogen) atoms. The summed E-state index contributed by atoms with van der Waals surface area (Å²) in [7, 11) is 0. The van der Waals surface area contributed by atoms with Gasteiger partial charge in [0.1, 0.15) is 0 Å². The molecule has 1 aliphatic rings. The van der Waals surface area contributed by atoms with E-state index in [0.29, 0.717) is 5.92 Å². The molecule has 0 radical (unpaired) electrons. The van der Waals surface area contributed by atoms with Gasteiger partial charge in [0.15, 0.2) is 5.69 Å². The summed E-state index contributed by atoms with van der Waals surface area (Å²) in [6.07, 6.45) is 6.58. The topological polar surface area (TPSA) is 81.1 Å². The monoisotopic (exact) mass is 209 g/mol. The highest BCUT2D eigenvalue weighted by atomic mass is 16.4. The molecule has 5 nitrogen and oxygen atoms in total. The SMILES string of the molecule is Nc1cn(CC2CCCC2)nc1C(=O)O. The summed E-state index contributed by atoms with van der Waals surface area (Å²) in [5.41, 5.74) is 5.77. The molecule has 1 aliphatic carbocycles. The van der Waals surface area contributed by atoms with Gasteiger partial charge in [0.25, 0.3) is 0 Å². The molecule has 0 amide bonds. The number of hydrogen-bond acceptors (Lipinski definition) is 3. The number of hydrogen-bond donors (Lipinski definition) is 2. The number of aromatic carboxylic acids is 1. The molecule has 0 bridgehead atoms. The first kappa shape index (κ1) is 10.0. The van der Waals surface area contributed by atoms with E-state index in [1.165, 1.54) is 25.7 Å². The third-order valence-electron chi connectivity index (χ3n) is 2.91. The van der Waals surface area contributed by atoms with E-state index in [1.807, 2.05) is 0 Å². The van der Waals surface area contributed by atoms with Gasteiger partial charge in [-0.15, -0.1) is 0 Å². The zero-order valence-electron chi connectivity index (χ0n) is 8.52. The van der Waals surface area contributed by atoms with Crippen LogP contribution < -0.4 is 5.73 Å². The van der Waals surface area contributed by atoms with Crippen molar-refractivity contribution < 1.29 is 9.90 Å². The Morgan fingerprint density at radius 2 is 2.27 bits per heavy atom. The first-order chi connectivity index (χ1) is 7.16. The second-order valence-electron chi connectivity index (χ2n) is 4.11. The van der Waals surface area contributed by atoms with Gasteiger partial charge in [-0.25, -0.2) is 4.79 Å². The van der Waals surface area contributed by atoms with Crippen LogP contribution in [0.1, 0.15) is 36.2 Å². The van der Waals surface area contributed by atoms with Crippen molar-refractivity contribution in [3.63, 3.8) is 0 Å². The van der Waals surface area contributed by atoms with Crippen LogP contribution in [0, 0.1) is 5.92 Å². The molecule has 0 aromatic carbocycles. The number of aromatic nitrogens is 2. The largest absolute Gasteiger partial charge is 0.476 e. The minimum atomic E-state index is -1.06. The summed E-state index contributed by atoms with van der Waals surface area (Å²) < 4.78 is 1.66. The summed E-state index contributed by atoms with van der Waals surface area (Å²) in [6.45, 7) is 0.789. The summed E-state index contributed by atoms with van der Waals surface area (Å²) in [5.74, 6) is -0.427. The second-order valence-corrected chi connectivity index (χ2v) is 4.11. The Hall–Kier alpha value is -1.52. The molecule has 0 aliphatic heterocycles. The third kappa shape index (κ3) is 2.11. The van der Waals surface area contributed by atoms with Crippen molar-refractivity contribution in [2.45, 2.75) is 32.2 Å². The first-order valence-electron chi connectivity index (χ1n) is 5.23. The van der Waals surface area contributed by atoms with E-state index in [-0.39, 0.29) is 11.4 Å². The van der Waals surface area contributed by atoms with Gasteiger partial charge in [0, 0.05) is 12.7 Å². The van der Waals surface area contributed by atoms with Crippen LogP contribution in [0.4, 0.5) is 5.69 Å². The molecular formula is C10H15N3O2.